The van der Waals surface area contributed by atoms with E-state index >= 15 is 0 Å². The molecule has 2 saturated carbocycles. The molecule has 1 aromatic carbocycles. The Morgan fingerprint density at radius 3 is 2.07 bits per heavy atom. The minimum absolute atomic E-state index is 0.482. The van der Waals surface area contributed by atoms with Gasteiger partial charge in [-0.3, -0.25) is 0 Å². The first-order chi connectivity index (χ1) is 14.0. The summed E-state index contributed by atoms with van der Waals surface area (Å²) >= 11 is 0. The molecule has 0 nitrogen and oxygen atoms in total. The molecule has 2 fully saturated rings. The van der Waals surface area contributed by atoms with E-state index in [9.17, 15) is 4.39 Å². The zero-order chi connectivity index (χ0) is 20.6. The first-order valence-corrected chi connectivity index (χ1v) is 11.7. The smallest absolute Gasteiger partial charge is 0.114 e. The van der Waals surface area contributed by atoms with Gasteiger partial charge in [0, 0.05) is 0 Å². The molecule has 0 N–H and O–H groups in total. The maximum Gasteiger partial charge on any atom is 0.114 e. The summed E-state index contributed by atoms with van der Waals surface area (Å²) in [6.45, 7) is 9.65. The Kier molecular flexibility index (Phi) is 8.33. The van der Waals surface area contributed by atoms with Gasteiger partial charge >= 0.3 is 0 Å². The van der Waals surface area contributed by atoms with Gasteiger partial charge in [0.1, 0.15) is 6.67 Å². The molecule has 1 aromatic rings. The van der Waals surface area contributed by atoms with Gasteiger partial charge in [-0.05, 0) is 84.5 Å². The van der Waals surface area contributed by atoms with Crippen LogP contribution in [0.5, 0.6) is 0 Å². The number of benzene rings is 1. The van der Waals surface area contributed by atoms with Crippen LogP contribution in [0.4, 0.5) is 4.39 Å². The number of allylic oxidation sites excluding steroid dienone is 4. The lowest BCUT2D eigenvalue weighted by atomic mass is 9.69. The van der Waals surface area contributed by atoms with Crippen LogP contribution in [-0.2, 0) is 6.42 Å². The molecule has 0 aromatic heterocycles. The number of hydrogen-bond acceptors (Lipinski definition) is 0. The molecule has 0 bridgehead atoms. The van der Waals surface area contributed by atoms with Gasteiger partial charge in [0.15, 0.2) is 0 Å². The normalized spacial score (nSPS) is 27.8. The van der Waals surface area contributed by atoms with Crippen LogP contribution in [0.15, 0.2) is 55.1 Å². The lowest BCUT2D eigenvalue weighted by molar-refractivity contribution is 0.148. The van der Waals surface area contributed by atoms with Crippen molar-refractivity contribution in [3.8, 4) is 0 Å². The lowest BCUT2D eigenvalue weighted by Gasteiger charge is -2.37. The first-order valence-electron chi connectivity index (χ1n) is 11.7. The molecule has 1 heteroatoms. The Balaban J connectivity index is 1.40. The third-order valence-corrected chi connectivity index (χ3v) is 7.48. The highest BCUT2D eigenvalue weighted by Crippen LogP contribution is 2.42. The Morgan fingerprint density at radius 1 is 0.897 bits per heavy atom. The average Bonchev–Trinajstić information content (AvgIpc) is 2.77. The third-order valence-electron chi connectivity index (χ3n) is 7.48. The van der Waals surface area contributed by atoms with Gasteiger partial charge < -0.3 is 0 Å². The van der Waals surface area contributed by atoms with E-state index in [1.54, 1.807) is 6.08 Å². The highest BCUT2D eigenvalue weighted by molar-refractivity contribution is 5.72. The van der Waals surface area contributed by atoms with E-state index in [1.807, 2.05) is 6.08 Å². The second-order valence-electron chi connectivity index (χ2n) is 9.69. The highest BCUT2D eigenvalue weighted by Gasteiger charge is 2.29. The summed E-state index contributed by atoms with van der Waals surface area (Å²) in [5, 5.41) is 0. The second-order valence-corrected chi connectivity index (χ2v) is 9.69. The van der Waals surface area contributed by atoms with Gasteiger partial charge in [-0.15, -0.1) is 0 Å². The fourth-order valence-corrected chi connectivity index (χ4v) is 5.32. The largest absolute Gasteiger partial charge is 0.246 e. The summed E-state index contributed by atoms with van der Waals surface area (Å²) in [5.74, 6) is 3.93. The molecule has 0 spiro atoms. The van der Waals surface area contributed by atoms with Crippen LogP contribution in [0.3, 0.4) is 0 Å². The average molecular weight is 395 g/mol. The van der Waals surface area contributed by atoms with E-state index in [1.165, 1.54) is 69.8 Å². The minimum atomic E-state index is -0.509. The van der Waals surface area contributed by atoms with E-state index in [-0.39, 0.29) is 0 Å². The number of hydrogen-bond donors (Lipinski definition) is 0. The van der Waals surface area contributed by atoms with E-state index in [0.717, 1.165) is 34.8 Å². The summed E-state index contributed by atoms with van der Waals surface area (Å²) in [7, 11) is 0. The standard InChI is InChI=1S/C28H39F/c1-21-5-14-27(15-6-21)28-18-12-25(13-19-28)9-8-24-10-16-26(17-11-24)23(3)7-4-22(2)20-29/h4,7,10-11,16-17,21,25,27-28H,2-3,5-6,8-9,12-15,18-20H2,1H3/b7-4-. The Bertz CT molecular complexity index is 680. The van der Waals surface area contributed by atoms with Crippen molar-refractivity contribution in [2.45, 2.75) is 71.1 Å². The van der Waals surface area contributed by atoms with Crippen molar-refractivity contribution in [1.82, 2.24) is 0 Å². The molecule has 0 saturated heterocycles. The fraction of sp³-hybridized carbons (Fsp3) is 0.571. The van der Waals surface area contributed by atoms with Crippen LogP contribution in [0.25, 0.3) is 5.57 Å². The van der Waals surface area contributed by atoms with Crippen molar-refractivity contribution in [2.24, 2.45) is 23.7 Å². The molecule has 0 amide bonds. The van der Waals surface area contributed by atoms with Gasteiger partial charge in [0.25, 0.3) is 0 Å². The molecule has 3 rings (SSSR count). The molecule has 0 aliphatic heterocycles. The molecule has 2 aliphatic carbocycles. The van der Waals surface area contributed by atoms with Gasteiger partial charge in [-0.25, -0.2) is 4.39 Å². The number of alkyl halides is 1. The molecule has 158 valence electrons. The van der Waals surface area contributed by atoms with Gasteiger partial charge in [-0.2, -0.15) is 0 Å². The van der Waals surface area contributed by atoms with Crippen LogP contribution in [0, 0.1) is 23.7 Å². The van der Waals surface area contributed by atoms with E-state index in [4.69, 9.17) is 0 Å². The van der Waals surface area contributed by atoms with Crippen LogP contribution >= 0.6 is 0 Å². The molecule has 0 radical (unpaired) electrons. The number of aryl methyl sites for hydroxylation is 1. The number of halogens is 1. The van der Waals surface area contributed by atoms with E-state index < -0.39 is 6.67 Å². The van der Waals surface area contributed by atoms with Crippen LogP contribution in [0.1, 0.15) is 75.8 Å². The Labute approximate surface area is 178 Å². The molecule has 0 atom stereocenters. The summed E-state index contributed by atoms with van der Waals surface area (Å²) in [6.07, 6.45) is 17.8. The van der Waals surface area contributed by atoms with Crippen LogP contribution < -0.4 is 0 Å². The molecular weight excluding hydrogens is 355 g/mol. The fourth-order valence-electron chi connectivity index (χ4n) is 5.32. The van der Waals surface area contributed by atoms with Crippen molar-refractivity contribution >= 4 is 5.57 Å². The Morgan fingerprint density at radius 2 is 1.48 bits per heavy atom. The maximum absolute atomic E-state index is 12.5. The van der Waals surface area contributed by atoms with Gasteiger partial charge in [0.05, 0.1) is 0 Å². The lowest BCUT2D eigenvalue weighted by Crippen LogP contribution is -2.25. The predicted molar refractivity (Wildman–Crippen MR) is 125 cm³/mol. The van der Waals surface area contributed by atoms with Crippen molar-refractivity contribution in [2.75, 3.05) is 6.67 Å². The zero-order valence-electron chi connectivity index (χ0n) is 18.3. The minimum Gasteiger partial charge on any atom is -0.246 e. The quantitative estimate of drug-likeness (QED) is 0.389. The van der Waals surface area contributed by atoms with Crippen molar-refractivity contribution in [3.63, 3.8) is 0 Å². The topological polar surface area (TPSA) is 0 Å². The van der Waals surface area contributed by atoms with Crippen LogP contribution in [-0.4, -0.2) is 6.67 Å². The number of rotatable bonds is 8. The Hall–Kier alpha value is -1.63. The van der Waals surface area contributed by atoms with Crippen molar-refractivity contribution < 1.29 is 4.39 Å². The molecule has 0 heterocycles. The SMILES string of the molecule is C=C(/C=C\C(=C)c1ccc(CCC2CCC(C3CCC(C)CC3)CC2)cc1)CF. The monoisotopic (exact) mass is 394 g/mol. The summed E-state index contributed by atoms with van der Waals surface area (Å²) in [6, 6.07) is 8.74. The van der Waals surface area contributed by atoms with Gasteiger partial charge in [-0.1, -0.05) is 82.2 Å². The molecular formula is C28H39F. The summed E-state index contributed by atoms with van der Waals surface area (Å²) in [5.41, 5.74) is 3.90. The third kappa shape index (κ3) is 6.69. The van der Waals surface area contributed by atoms with Gasteiger partial charge in [0.2, 0.25) is 0 Å². The highest BCUT2D eigenvalue weighted by atomic mass is 19.1. The molecule has 0 unspecified atom stereocenters. The van der Waals surface area contributed by atoms with Crippen molar-refractivity contribution in [3.05, 3.63) is 66.3 Å². The molecule has 29 heavy (non-hydrogen) atoms. The second kappa shape index (κ2) is 11.0. The molecule has 2 aliphatic rings. The van der Waals surface area contributed by atoms with Crippen LogP contribution in [0.2, 0.25) is 0 Å². The van der Waals surface area contributed by atoms with Crippen molar-refractivity contribution in [1.29, 1.82) is 0 Å². The maximum atomic E-state index is 12.5. The summed E-state index contributed by atoms with van der Waals surface area (Å²) in [4.78, 5) is 0. The zero-order valence-corrected chi connectivity index (χ0v) is 18.3. The predicted octanol–water partition coefficient (Wildman–Crippen LogP) is 8.35. The summed E-state index contributed by atoms with van der Waals surface area (Å²) < 4.78 is 12.5. The van der Waals surface area contributed by atoms with E-state index in [2.05, 4.69) is 44.3 Å². The first kappa shape index (κ1) is 22.1. The van der Waals surface area contributed by atoms with E-state index in [0.29, 0.717) is 5.57 Å².